The third kappa shape index (κ3) is 3.96. The van der Waals surface area contributed by atoms with E-state index in [1.54, 1.807) is 0 Å². The molecule has 3 nitrogen and oxygen atoms in total. The molecular weight excluding hydrogens is 306 g/mol. The lowest BCUT2D eigenvalue weighted by atomic mass is 10.1. The summed E-state index contributed by atoms with van der Waals surface area (Å²) in [6.07, 6.45) is 5.61. The van der Waals surface area contributed by atoms with Gasteiger partial charge in [0.25, 0.3) is 5.91 Å². The van der Waals surface area contributed by atoms with Gasteiger partial charge >= 0.3 is 0 Å². The Morgan fingerprint density at radius 1 is 1.42 bits per heavy atom. The van der Waals surface area contributed by atoms with Gasteiger partial charge in [0, 0.05) is 11.6 Å². The molecule has 1 aliphatic carbocycles. The molecular formula is C15H20BrNO2. The second kappa shape index (κ2) is 6.94. The lowest BCUT2D eigenvalue weighted by Crippen LogP contribution is -2.32. The molecule has 0 unspecified atom stereocenters. The molecule has 1 aliphatic rings. The maximum Gasteiger partial charge on any atom is 0.251 e. The summed E-state index contributed by atoms with van der Waals surface area (Å²) in [7, 11) is 0. The van der Waals surface area contributed by atoms with Crippen molar-refractivity contribution in [1.82, 2.24) is 5.32 Å². The summed E-state index contributed by atoms with van der Waals surface area (Å²) < 4.78 is 6.41. The molecule has 1 aromatic rings. The molecule has 0 saturated heterocycles. The zero-order chi connectivity index (χ0) is 13.7. The lowest BCUT2D eigenvalue weighted by Gasteiger charge is -2.13. The van der Waals surface area contributed by atoms with E-state index in [0.29, 0.717) is 18.2 Å². The molecule has 1 N–H and O–H groups in total. The molecule has 0 aliphatic heterocycles. The third-order valence-electron chi connectivity index (χ3n) is 3.35. The molecule has 0 heterocycles. The fourth-order valence-corrected chi connectivity index (χ4v) is 2.80. The number of amides is 1. The summed E-state index contributed by atoms with van der Waals surface area (Å²) in [5.74, 6) is 0.800. The normalized spacial score (nSPS) is 15.5. The first-order chi connectivity index (χ1) is 9.20. The molecule has 4 heteroatoms. The van der Waals surface area contributed by atoms with Crippen LogP contribution in [0.2, 0.25) is 0 Å². The smallest absolute Gasteiger partial charge is 0.251 e. The molecule has 1 amide bonds. The van der Waals surface area contributed by atoms with Gasteiger partial charge in [-0.1, -0.05) is 19.8 Å². The fourth-order valence-electron chi connectivity index (χ4n) is 2.31. The standard InChI is InChI=1S/C15H20BrNO2/c1-2-9-19-14-8-7-11(10-13(14)16)15(18)17-12-5-3-4-6-12/h7-8,10,12H,2-6,9H2,1H3,(H,17,18). The number of hydrogen-bond acceptors (Lipinski definition) is 2. The van der Waals surface area contributed by atoms with Crippen LogP contribution >= 0.6 is 15.9 Å². The summed E-state index contributed by atoms with van der Waals surface area (Å²) in [4.78, 5) is 12.1. The van der Waals surface area contributed by atoms with E-state index in [1.807, 2.05) is 18.2 Å². The Labute approximate surface area is 122 Å². The topological polar surface area (TPSA) is 38.3 Å². The highest BCUT2D eigenvalue weighted by atomic mass is 79.9. The van der Waals surface area contributed by atoms with Crippen molar-refractivity contribution in [2.45, 2.75) is 45.1 Å². The Morgan fingerprint density at radius 3 is 2.79 bits per heavy atom. The van der Waals surface area contributed by atoms with Gasteiger partial charge in [0.1, 0.15) is 5.75 Å². The second-order valence-corrected chi connectivity index (χ2v) is 5.80. The number of hydrogen-bond donors (Lipinski definition) is 1. The molecule has 1 saturated carbocycles. The van der Waals surface area contributed by atoms with Crippen molar-refractivity contribution >= 4 is 21.8 Å². The van der Waals surface area contributed by atoms with Gasteiger partial charge in [0.15, 0.2) is 0 Å². The van der Waals surface area contributed by atoms with E-state index in [1.165, 1.54) is 12.8 Å². The Balaban J connectivity index is 1.99. The van der Waals surface area contributed by atoms with Crippen LogP contribution in [0.25, 0.3) is 0 Å². The average Bonchev–Trinajstić information content (AvgIpc) is 2.90. The van der Waals surface area contributed by atoms with Crippen molar-refractivity contribution in [2.75, 3.05) is 6.61 Å². The minimum Gasteiger partial charge on any atom is -0.492 e. The van der Waals surface area contributed by atoms with Crippen LogP contribution in [0, 0.1) is 0 Å². The first kappa shape index (κ1) is 14.4. The maximum absolute atomic E-state index is 12.1. The van der Waals surface area contributed by atoms with Crippen LogP contribution < -0.4 is 10.1 Å². The van der Waals surface area contributed by atoms with Crippen LogP contribution in [-0.2, 0) is 0 Å². The van der Waals surface area contributed by atoms with E-state index in [0.717, 1.165) is 29.5 Å². The molecule has 19 heavy (non-hydrogen) atoms. The third-order valence-corrected chi connectivity index (χ3v) is 3.97. The Bertz CT molecular complexity index is 442. The van der Waals surface area contributed by atoms with Crippen molar-refractivity contribution < 1.29 is 9.53 Å². The highest BCUT2D eigenvalue weighted by molar-refractivity contribution is 9.10. The van der Waals surface area contributed by atoms with Gasteiger partial charge < -0.3 is 10.1 Å². The molecule has 1 fully saturated rings. The molecule has 0 radical (unpaired) electrons. The number of benzene rings is 1. The number of halogens is 1. The average molecular weight is 326 g/mol. The molecule has 0 aromatic heterocycles. The SMILES string of the molecule is CCCOc1ccc(C(=O)NC2CCCC2)cc1Br. The maximum atomic E-state index is 12.1. The molecule has 0 bridgehead atoms. The number of carbonyl (C=O) groups is 1. The summed E-state index contributed by atoms with van der Waals surface area (Å²) in [6.45, 7) is 2.75. The van der Waals surface area contributed by atoms with Gasteiger partial charge in [-0.05, 0) is 53.4 Å². The highest BCUT2D eigenvalue weighted by Crippen LogP contribution is 2.26. The number of carbonyl (C=O) groups excluding carboxylic acids is 1. The van der Waals surface area contributed by atoms with Crippen LogP contribution in [0.1, 0.15) is 49.4 Å². The zero-order valence-corrected chi connectivity index (χ0v) is 12.8. The fraction of sp³-hybridized carbons (Fsp3) is 0.533. The predicted octanol–water partition coefficient (Wildman–Crippen LogP) is 3.91. The van der Waals surface area contributed by atoms with E-state index >= 15 is 0 Å². The second-order valence-electron chi connectivity index (χ2n) is 4.95. The summed E-state index contributed by atoms with van der Waals surface area (Å²) in [6, 6.07) is 5.85. The van der Waals surface area contributed by atoms with Gasteiger partial charge in [-0.3, -0.25) is 4.79 Å². The summed E-state index contributed by atoms with van der Waals surface area (Å²) in [5.41, 5.74) is 0.683. The van der Waals surface area contributed by atoms with E-state index in [2.05, 4.69) is 28.2 Å². The van der Waals surface area contributed by atoms with Crippen LogP contribution in [0.15, 0.2) is 22.7 Å². The molecule has 1 aromatic carbocycles. The lowest BCUT2D eigenvalue weighted by molar-refractivity contribution is 0.0938. The van der Waals surface area contributed by atoms with Gasteiger partial charge in [0.2, 0.25) is 0 Å². The van der Waals surface area contributed by atoms with Crippen molar-refractivity contribution in [3.8, 4) is 5.75 Å². The molecule has 0 spiro atoms. The number of nitrogens with one attached hydrogen (secondary N) is 1. The minimum atomic E-state index is 0.00893. The summed E-state index contributed by atoms with van der Waals surface area (Å²) in [5, 5.41) is 3.08. The monoisotopic (exact) mass is 325 g/mol. The zero-order valence-electron chi connectivity index (χ0n) is 11.2. The van der Waals surface area contributed by atoms with Gasteiger partial charge in [-0.15, -0.1) is 0 Å². The largest absolute Gasteiger partial charge is 0.492 e. The van der Waals surface area contributed by atoms with Crippen molar-refractivity contribution in [2.24, 2.45) is 0 Å². The minimum absolute atomic E-state index is 0.00893. The molecule has 0 atom stereocenters. The van der Waals surface area contributed by atoms with Gasteiger partial charge in [-0.25, -0.2) is 0 Å². The van der Waals surface area contributed by atoms with E-state index in [-0.39, 0.29) is 5.91 Å². The van der Waals surface area contributed by atoms with Crippen molar-refractivity contribution in [3.05, 3.63) is 28.2 Å². The van der Waals surface area contributed by atoms with E-state index in [4.69, 9.17) is 4.74 Å². The highest BCUT2D eigenvalue weighted by Gasteiger charge is 2.18. The van der Waals surface area contributed by atoms with Gasteiger partial charge in [0.05, 0.1) is 11.1 Å². The Kier molecular flexibility index (Phi) is 5.25. The van der Waals surface area contributed by atoms with Crippen LogP contribution in [0.3, 0.4) is 0 Å². The van der Waals surface area contributed by atoms with Crippen LogP contribution in [-0.4, -0.2) is 18.6 Å². The summed E-state index contributed by atoms with van der Waals surface area (Å²) >= 11 is 3.45. The van der Waals surface area contributed by atoms with Crippen molar-refractivity contribution in [3.63, 3.8) is 0 Å². The first-order valence-electron chi connectivity index (χ1n) is 6.94. The quantitative estimate of drug-likeness (QED) is 0.891. The first-order valence-corrected chi connectivity index (χ1v) is 7.73. The molecule has 2 rings (SSSR count). The Hall–Kier alpha value is -1.03. The van der Waals surface area contributed by atoms with E-state index in [9.17, 15) is 4.79 Å². The number of ether oxygens (including phenoxy) is 1. The Morgan fingerprint density at radius 2 is 2.16 bits per heavy atom. The van der Waals surface area contributed by atoms with Crippen LogP contribution in [0.5, 0.6) is 5.75 Å². The van der Waals surface area contributed by atoms with Crippen LogP contribution in [0.4, 0.5) is 0 Å². The van der Waals surface area contributed by atoms with Gasteiger partial charge in [-0.2, -0.15) is 0 Å². The van der Waals surface area contributed by atoms with Crippen molar-refractivity contribution in [1.29, 1.82) is 0 Å². The number of rotatable bonds is 5. The van der Waals surface area contributed by atoms with E-state index < -0.39 is 0 Å². The molecule has 104 valence electrons. The predicted molar refractivity (Wildman–Crippen MR) is 79.7 cm³/mol.